The minimum absolute atomic E-state index is 0.752. The lowest BCUT2D eigenvalue weighted by molar-refractivity contribution is 0.203. The molecule has 96 valence electrons. The van der Waals surface area contributed by atoms with Gasteiger partial charge >= 0.3 is 0 Å². The SMILES string of the molecule is CCc1ccc(CN(CCCl)C2CCCC2)s1. The highest BCUT2D eigenvalue weighted by Crippen LogP contribution is 2.26. The average Bonchev–Trinajstić information content (AvgIpc) is 2.99. The van der Waals surface area contributed by atoms with E-state index in [9.17, 15) is 0 Å². The molecule has 1 nitrogen and oxygen atoms in total. The van der Waals surface area contributed by atoms with Crippen LogP contribution in [0.3, 0.4) is 0 Å². The lowest BCUT2D eigenvalue weighted by Crippen LogP contribution is -2.34. The van der Waals surface area contributed by atoms with Gasteiger partial charge in [-0.15, -0.1) is 22.9 Å². The van der Waals surface area contributed by atoms with Gasteiger partial charge in [0.25, 0.3) is 0 Å². The minimum atomic E-state index is 0.752. The molecule has 0 radical (unpaired) electrons. The van der Waals surface area contributed by atoms with Crippen molar-refractivity contribution in [2.45, 2.75) is 51.6 Å². The molecule has 0 amide bonds. The molecule has 1 aromatic rings. The number of alkyl halides is 1. The minimum Gasteiger partial charge on any atom is -0.294 e. The van der Waals surface area contributed by atoms with Crippen LogP contribution in [0.2, 0.25) is 0 Å². The van der Waals surface area contributed by atoms with Crippen LogP contribution < -0.4 is 0 Å². The maximum absolute atomic E-state index is 5.94. The van der Waals surface area contributed by atoms with E-state index >= 15 is 0 Å². The van der Waals surface area contributed by atoms with Gasteiger partial charge in [0.1, 0.15) is 0 Å². The van der Waals surface area contributed by atoms with Gasteiger partial charge in [-0.1, -0.05) is 19.8 Å². The standard InChI is InChI=1S/C14H22ClNS/c1-2-13-7-8-14(17-13)11-16(10-9-15)12-5-3-4-6-12/h7-8,12H,2-6,9-11H2,1H3. The molecule has 0 N–H and O–H groups in total. The van der Waals surface area contributed by atoms with E-state index in [2.05, 4.69) is 24.0 Å². The van der Waals surface area contributed by atoms with Crippen LogP contribution in [0.25, 0.3) is 0 Å². The average molecular weight is 272 g/mol. The van der Waals surface area contributed by atoms with Crippen molar-refractivity contribution in [1.29, 1.82) is 0 Å². The summed E-state index contributed by atoms with van der Waals surface area (Å²) in [5, 5.41) is 0. The molecular formula is C14H22ClNS. The zero-order valence-electron chi connectivity index (χ0n) is 10.6. The Hall–Kier alpha value is -0.0500. The first-order valence-corrected chi connectivity index (χ1v) is 8.06. The maximum Gasteiger partial charge on any atom is 0.0351 e. The zero-order chi connectivity index (χ0) is 12.1. The quantitative estimate of drug-likeness (QED) is 0.698. The summed E-state index contributed by atoms with van der Waals surface area (Å²) in [5.74, 6) is 0.752. The van der Waals surface area contributed by atoms with Gasteiger partial charge in [0.2, 0.25) is 0 Å². The van der Waals surface area contributed by atoms with Gasteiger partial charge in [0.05, 0.1) is 0 Å². The summed E-state index contributed by atoms with van der Waals surface area (Å²) < 4.78 is 0. The van der Waals surface area contributed by atoms with Gasteiger partial charge in [0.15, 0.2) is 0 Å². The van der Waals surface area contributed by atoms with Crippen LogP contribution in [0.5, 0.6) is 0 Å². The number of thiophene rings is 1. The Bertz CT molecular complexity index is 331. The first-order valence-electron chi connectivity index (χ1n) is 6.71. The van der Waals surface area contributed by atoms with Gasteiger partial charge < -0.3 is 0 Å². The number of rotatable bonds is 6. The molecule has 0 saturated heterocycles. The van der Waals surface area contributed by atoms with Gasteiger partial charge in [-0.05, 0) is 31.4 Å². The Morgan fingerprint density at radius 2 is 2.00 bits per heavy atom. The molecule has 1 heterocycles. The van der Waals surface area contributed by atoms with Crippen molar-refractivity contribution in [2.75, 3.05) is 12.4 Å². The van der Waals surface area contributed by atoms with Crippen molar-refractivity contribution in [3.8, 4) is 0 Å². The summed E-state index contributed by atoms with van der Waals surface area (Å²) in [6.45, 7) is 4.36. The lowest BCUT2D eigenvalue weighted by Gasteiger charge is -2.27. The van der Waals surface area contributed by atoms with E-state index in [-0.39, 0.29) is 0 Å². The Morgan fingerprint density at radius 3 is 2.59 bits per heavy atom. The van der Waals surface area contributed by atoms with Crippen LogP contribution in [0.1, 0.15) is 42.4 Å². The molecule has 3 heteroatoms. The molecule has 1 saturated carbocycles. The second-order valence-electron chi connectivity index (χ2n) is 4.82. The van der Waals surface area contributed by atoms with E-state index in [1.807, 2.05) is 11.3 Å². The molecule has 1 aromatic heterocycles. The molecule has 0 spiro atoms. The number of hydrogen-bond donors (Lipinski definition) is 0. The summed E-state index contributed by atoms with van der Waals surface area (Å²) in [5.41, 5.74) is 0. The summed E-state index contributed by atoms with van der Waals surface area (Å²) in [6, 6.07) is 5.34. The van der Waals surface area contributed by atoms with Crippen LogP contribution in [0.4, 0.5) is 0 Å². The first kappa shape index (κ1) is 13.4. The molecule has 2 rings (SSSR count). The highest BCUT2D eigenvalue weighted by Gasteiger charge is 2.22. The fourth-order valence-corrected chi connectivity index (χ4v) is 3.87. The Kier molecular flexibility index (Phi) is 5.33. The van der Waals surface area contributed by atoms with Gasteiger partial charge in [-0.2, -0.15) is 0 Å². The van der Waals surface area contributed by atoms with Crippen LogP contribution in [0.15, 0.2) is 12.1 Å². The van der Waals surface area contributed by atoms with Crippen LogP contribution >= 0.6 is 22.9 Å². The van der Waals surface area contributed by atoms with Crippen molar-refractivity contribution >= 4 is 22.9 Å². The smallest absolute Gasteiger partial charge is 0.0351 e. The molecule has 1 aliphatic carbocycles. The summed E-state index contributed by atoms with van der Waals surface area (Å²) >= 11 is 7.90. The fourth-order valence-electron chi connectivity index (χ4n) is 2.67. The van der Waals surface area contributed by atoms with Crippen molar-refractivity contribution in [3.05, 3.63) is 21.9 Å². The number of aryl methyl sites for hydroxylation is 1. The van der Waals surface area contributed by atoms with Crippen molar-refractivity contribution in [1.82, 2.24) is 4.90 Å². The Labute approximate surface area is 114 Å². The van der Waals surface area contributed by atoms with Crippen LogP contribution in [-0.4, -0.2) is 23.4 Å². The molecule has 1 fully saturated rings. The molecule has 0 atom stereocenters. The monoisotopic (exact) mass is 271 g/mol. The third-order valence-electron chi connectivity index (χ3n) is 3.64. The second kappa shape index (κ2) is 6.77. The zero-order valence-corrected chi connectivity index (χ0v) is 12.2. The predicted octanol–water partition coefficient (Wildman–Crippen LogP) is 4.29. The van der Waals surface area contributed by atoms with E-state index < -0.39 is 0 Å². The Morgan fingerprint density at radius 1 is 1.29 bits per heavy atom. The molecule has 0 aliphatic heterocycles. The maximum atomic E-state index is 5.94. The van der Waals surface area contributed by atoms with Crippen LogP contribution in [0, 0.1) is 0 Å². The van der Waals surface area contributed by atoms with E-state index in [0.29, 0.717) is 0 Å². The number of nitrogens with zero attached hydrogens (tertiary/aromatic N) is 1. The van der Waals surface area contributed by atoms with Crippen molar-refractivity contribution in [2.24, 2.45) is 0 Å². The topological polar surface area (TPSA) is 3.24 Å². The van der Waals surface area contributed by atoms with E-state index in [0.717, 1.165) is 31.4 Å². The predicted molar refractivity (Wildman–Crippen MR) is 77.1 cm³/mol. The third-order valence-corrected chi connectivity index (χ3v) is 5.02. The fraction of sp³-hybridized carbons (Fsp3) is 0.714. The van der Waals surface area contributed by atoms with Gasteiger partial charge in [0, 0.05) is 34.8 Å². The van der Waals surface area contributed by atoms with Gasteiger partial charge in [-0.3, -0.25) is 4.90 Å². The van der Waals surface area contributed by atoms with E-state index in [4.69, 9.17) is 11.6 Å². The molecule has 0 aromatic carbocycles. The lowest BCUT2D eigenvalue weighted by atomic mass is 10.2. The normalized spacial score (nSPS) is 17.1. The van der Waals surface area contributed by atoms with Gasteiger partial charge in [-0.25, -0.2) is 0 Å². The molecule has 0 unspecified atom stereocenters. The molecule has 0 bridgehead atoms. The van der Waals surface area contributed by atoms with E-state index in [1.54, 1.807) is 0 Å². The van der Waals surface area contributed by atoms with Crippen LogP contribution in [-0.2, 0) is 13.0 Å². The largest absolute Gasteiger partial charge is 0.294 e. The molecule has 1 aliphatic rings. The summed E-state index contributed by atoms with van der Waals surface area (Å²) in [6.07, 6.45) is 6.68. The van der Waals surface area contributed by atoms with Crippen molar-refractivity contribution in [3.63, 3.8) is 0 Å². The number of hydrogen-bond acceptors (Lipinski definition) is 2. The summed E-state index contributed by atoms with van der Waals surface area (Å²) in [7, 11) is 0. The Balaban J connectivity index is 1.96. The second-order valence-corrected chi connectivity index (χ2v) is 6.45. The number of halogens is 1. The molecular weight excluding hydrogens is 250 g/mol. The summed E-state index contributed by atoms with van der Waals surface area (Å²) in [4.78, 5) is 5.58. The third kappa shape index (κ3) is 3.70. The van der Waals surface area contributed by atoms with E-state index in [1.165, 1.54) is 35.4 Å². The first-order chi connectivity index (χ1) is 8.33. The molecule has 17 heavy (non-hydrogen) atoms. The highest BCUT2D eigenvalue weighted by atomic mass is 35.5. The highest BCUT2D eigenvalue weighted by molar-refractivity contribution is 7.11. The van der Waals surface area contributed by atoms with Crippen molar-refractivity contribution < 1.29 is 0 Å².